The van der Waals surface area contributed by atoms with Gasteiger partial charge in [0.25, 0.3) is 0 Å². The van der Waals surface area contributed by atoms with E-state index in [1.54, 1.807) is 6.07 Å². The average Bonchev–Trinajstić information content (AvgIpc) is 2.84. The van der Waals surface area contributed by atoms with Crippen LogP contribution in [0.25, 0.3) is 17.0 Å². The van der Waals surface area contributed by atoms with E-state index in [1.807, 2.05) is 0 Å². The normalized spacial score (nSPS) is 12.5. The molecule has 0 N–H and O–H groups in total. The first-order valence-corrected chi connectivity index (χ1v) is 9.13. The third-order valence-corrected chi connectivity index (χ3v) is 4.31. The maximum atomic E-state index is 14.3. The van der Waals surface area contributed by atoms with E-state index in [-0.39, 0.29) is 11.9 Å². The molecule has 100 valence electrons. The number of carbonyl (C=O) groups is 1. The zero-order chi connectivity index (χ0) is 14.0. The highest BCUT2D eigenvalue weighted by Gasteiger charge is 2.14. The van der Waals surface area contributed by atoms with Crippen molar-refractivity contribution in [3.63, 3.8) is 0 Å². The number of rotatable bonds is 3. The minimum Gasteiger partial charge on any atom is -0.464 e. The summed E-state index contributed by atoms with van der Waals surface area (Å²) in [5.41, 5.74) is 0.269. The van der Waals surface area contributed by atoms with Gasteiger partial charge in [-0.25, -0.2) is 13.6 Å². The van der Waals surface area contributed by atoms with Gasteiger partial charge >= 0.3 is 5.97 Å². The highest BCUT2D eigenvalue weighted by Crippen LogP contribution is 2.31. The van der Waals surface area contributed by atoms with Crippen LogP contribution in [-0.2, 0) is 9.53 Å². The number of methoxy groups -OCH3 is 1. The smallest absolute Gasteiger partial charge is 0.366 e. The van der Waals surface area contributed by atoms with Gasteiger partial charge in [-0.3, -0.25) is 0 Å². The summed E-state index contributed by atoms with van der Waals surface area (Å²) in [4.78, 5) is 11.0. The van der Waals surface area contributed by atoms with Gasteiger partial charge < -0.3 is 4.74 Å². The van der Waals surface area contributed by atoms with E-state index in [9.17, 15) is 13.6 Å². The molecule has 1 heterocycles. The average molecular weight is 396 g/mol. The Morgan fingerprint density at radius 1 is 1.58 bits per heavy atom. The summed E-state index contributed by atoms with van der Waals surface area (Å²) >= 11 is 2.07. The number of carbonyl (C=O) groups excluding carboxylic acids is 1. The van der Waals surface area contributed by atoms with Crippen LogP contribution in [0.15, 0.2) is 24.2 Å². The minimum absolute atomic E-state index is 0.0215. The summed E-state index contributed by atoms with van der Waals surface area (Å²) in [5.74, 6) is -2.90. The lowest BCUT2D eigenvalue weighted by Gasteiger charge is -2.02. The van der Waals surface area contributed by atoms with E-state index in [0.717, 1.165) is 13.2 Å². The van der Waals surface area contributed by atoms with E-state index in [2.05, 4.69) is 31.9 Å². The molecule has 0 saturated carbocycles. The molecule has 0 saturated heterocycles. The number of benzene rings is 1. The van der Waals surface area contributed by atoms with Gasteiger partial charge in [0.1, 0.15) is 5.52 Å². The summed E-state index contributed by atoms with van der Waals surface area (Å²) in [7, 11) is 1.06. The molecule has 0 aliphatic heterocycles. The molecule has 0 aliphatic carbocycles. The van der Waals surface area contributed by atoms with Crippen molar-refractivity contribution in [2.24, 2.45) is 0 Å². The maximum absolute atomic E-state index is 14.3. The Labute approximate surface area is 122 Å². The number of ether oxygens (including phenoxy) is 1. The number of hydrogen-bond donors (Lipinski definition) is 0. The van der Waals surface area contributed by atoms with Crippen LogP contribution in [-0.4, -0.2) is 22.6 Å². The summed E-state index contributed by atoms with van der Waals surface area (Å²) in [5, 5.41) is 4.64. The van der Waals surface area contributed by atoms with Crippen molar-refractivity contribution in [3.05, 3.63) is 35.5 Å². The molecule has 1 atom stereocenters. The zero-order valence-electron chi connectivity index (χ0n) is 9.65. The number of nitrogens with zero attached hydrogens (tertiary/aromatic N) is 2. The molecule has 0 fully saturated rings. The highest BCUT2D eigenvalue weighted by molar-refractivity contribution is 14.2. The van der Waals surface area contributed by atoms with Crippen molar-refractivity contribution in [1.29, 1.82) is 0 Å². The van der Waals surface area contributed by atoms with E-state index in [0.29, 0.717) is 10.9 Å². The van der Waals surface area contributed by atoms with Crippen molar-refractivity contribution in [1.82, 2.24) is 9.55 Å². The summed E-state index contributed by atoms with van der Waals surface area (Å²) < 4.78 is 33.3. The van der Waals surface area contributed by atoms with Crippen LogP contribution in [0.4, 0.5) is 8.78 Å². The van der Waals surface area contributed by atoms with E-state index < -0.39 is 17.6 Å². The summed E-state index contributed by atoms with van der Waals surface area (Å²) in [6, 6.07) is 3.01. The predicted octanol–water partition coefficient (Wildman–Crippen LogP) is 3.45. The first-order chi connectivity index (χ1) is 9.08. The topological polar surface area (TPSA) is 44.1 Å². The predicted molar refractivity (Wildman–Crippen MR) is 78.5 cm³/mol. The van der Waals surface area contributed by atoms with E-state index in [1.165, 1.54) is 16.7 Å². The van der Waals surface area contributed by atoms with Gasteiger partial charge in [-0.15, -0.1) is 0 Å². The molecular weight excluding hydrogens is 388 g/mol. The quantitative estimate of drug-likeness (QED) is 0.346. The molecule has 4 nitrogen and oxygen atoms in total. The van der Waals surface area contributed by atoms with Gasteiger partial charge in [0, 0.05) is 10.9 Å². The molecule has 1 aromatic heterocycles. The Morgan fingerprint density at radius 2 is 2.32 bits per heavy atom. The lowest BCUT2D eigenvalue weighted by molar-refractivity contribution is -0.137. The number of halogens is 3. The standard InChI is InChI=1S/C11H8F2IN2O2P/c1-18-11(17)8(12)4-6-2-3-7-5-15-16(19-14)10(7)9(6)13/h2-5,19H,1H3/b8-4-. The van der Waals surface area contributed by atoms with Crippen molar-refractivity contribution >= 4 is 51.4 Å². The van der Waals surface area contributed by atoms with Gasteiger partial charge in [0.15, 0.2) is 5.82 Å². The summed E-state index contributed by atoms with van der Waals surface area (Å²) in [6.45, 7) is 0. The van der Waals surface area contributed by atoms with Gasteiger partial charge in [0.05, 0.1) is 19.7 Å². The third-order valence-electron chi connectivity index (χ3n) is 2.44. The second-order valence-electron chi connectivity index (χ2n) is 3.53. The Kier molecular flexibility index (Phi) is 4.46. The lowest BCUT2D eigenvalue weighted by atomic mass is 10.1. The zero-order valence-corrected chi connectivity index (χ0v) is 12.8. The fraction of sp³-hybridized carbons (Fsp3) is 0.0909. The SMILES string of the molecule is COC(=O)/C(F)=C/c1ccc2cnn(PI)c2c1F. The Hall–Kier alpha value is -1.08. The molecule has 0 bridgehead atoms. The van der Waals surface area contributed by atoms with Crippen molar-refractivity contribution in [2.75, 3.05) is 7.11 Å². The number of aromatic nitrogens is 2. The van der Waals surface area contributed by atoms with Crippen LogP contribution < -0.4 is 0 Å². The monoisotopic (exact) mass is 396 g/mol. The van der Waals surface area contributed by atoms with E-state index >= 15 is 0 Å². The van der Waals surface area contributed by atoms with Crippen molar-refractivity contribution < 1.29 is 18.3 Å². The van der Waals surface area contributed by atoms with Crippen LogP contribution in [0.5, 0.6) is 0 Å². The lowest BCUT2D eigenvalue weighted by Crippen LogP contribution is -2.00. The molecule has 0 aliphatic rings. The van der Waals surface area contributed by atoms with Crippen LogP contribution in [0.3, 0.4) is 0 Å². The highest BCUT2D eigenvalue weighted by atomic mass is 127. The minimum atomic E-state index is -1.15. The third kappa shape index (κ3) is 2.76. The van der Waals surface area contributed by atoms with Crippen LogP contribution in [0.2, 0.25) is 0 Å². The number of fused-ring (bicyclic) bond motifs is 1. The van der Waals surface area contributed by atoms with Gasteiger partial charge in [-0.2, -0.15) is 9.49 Å². The largest absolute Gasteiger partial charge is 0.464 e. The first kappa shape index (κ1) is 14.3. The van der Waals surface area contributed by atoms with Crippen LogP contribution in [0, 0.1) is 5.82 Å². The molecule has 0 radical (unpaired) electrons. The fourth-order valence-electron chi connectivity index (χ4n) is 1.56. The molecule has 19 heavy (non-hydrogen) atoms. The Bertz CT molecular complexity index is 672. The van der Waals surface area contributed by atoms with Gasteiger partial charge in [-0.05, 0) is 28.1 Å². The molecular formula is C11H8F2IN2O2P. The van der Waals surface area contributed by atoms with E-state index in [4.69, 9.17) is 0 Å². The number of hydrogen-bond acceptors (Lipinski definition) is 3. The van der Waals surface area contributed by atoms with Crippen LogP contribution >= 0.6 is 28.4 Å². The Morgan fingerprint density at radius 3 is 2.95 bits per heavy atom. The molecule has 1 aromatic carbocycles. The molecule has 0 spiro atoms. The molecule has 2 aromatic rings. The second-order valence-corrected chi connectivity index (χ2v) is 5.57. The molecule has 1 unspecified atom stereocenters. The molecule has 2 rings (SSSR count). The maximum Gasteiger partial charge on any atom is 0.366 e. The van der Waals surface area contributed by atoms with Crippen molar-refractivity contribution in [2.45, 2.75) is 0 Å². The number of esters is 1. The summed E-state index contributed by atoms with van der Waals surface area (Å²) in [6.07, 6.45) is 2.57. The van der Waals surface area contributed by atoms with Gasteiger partial charge in [-0.1, -0.05) is 12.1 Å². The molecule has 8 heteroatoms. The van der Waals surface area contributed by atoms with Crippen LogP contribution in [0.1, 0.15) is 5.56 Å². The van der Waals surface area contributed by atoms with Gasteiger partial charge in [0.2, 0.25) is 5.83 Å². The van der Waals surface area contributed by atoms with Crippen molar-refractivity contribution in [3.8, 4) is 0 Å². The Balaban J connectivity index is 2.56. The first-order valence-electron chi connectivity index (χ1n) is 5.07. The fourth-order valence-corrected chi connectivity index (χ4v) is 3.07. The second kappa shape index (κ2) is 5.92. The molecule has 0 amide bonds.